The molecule has 0 bridgehead atoms. The highest BCUT2D eigenvalue weighted by molar-refractivity contribution is 5.74. The van der Waals surface area contributed by atoms with E-state index >= 15 is 0 Å². The summed E-state index contributed by atoms with van der Waals surface area (Å²) in [6.45, 7) is 12.1. The van der Waals surface area contributed by atoms with Crippen molar-refractivity contribution < 1.29 is 9.90 Å². The van der Waals surface area contributed by atoms with E-state index in [0.717, 1.165) is 32.5 Å². The molecule has 0 aromatic carbocycles. The largest absolute Gasteiger partial charge is 0.395 e. The van der Waals surface area contributed by atoms with Crippen LogP contribution in [0.2, 0.25) is 0 Å². The molecule has 1 rings (SSSR count). The summed E-state index contributed by atoms with van der Waals surface area (Å²) in [6.07, 6.45) is 3.68. The number of urea groups is 1. The Balaban J connectivity index is 2.34. The molecule has 0 saturated carbocycles. The molecule has 116 valence electrons. The van der Waals surface area contributed by atoms with Crippen molar-refractivity contribution in [1.82, 2.24) is 15.1 Å². The number of hydrogen-bond donors (Lipinski definition) is 2. The predicted octanol–water partition coefficient (Wildman–Crippen LogP) is 1.30. The number of likely N-dealkylation sites (tertiary alicyclic amines) is 1. The van der Waals surface area contributed by atoms with E-state index in [1.54, 1.807) is 11.0 Å². The maximum absolute atomic E-state index is 12.1. The molecule has 0 aromatic heterocycles. The summed E-state index contributed by atoms with van der Waals surface area (Å²) in [4.78, 5) is 16.1. The number of nitrogens with zero attached hydrogens (tertiary/aromatic N) is 2. The number of piperidine rings is 1. The van der Waals surface area contributed by atoms with E-state index in [1.165, 1.54) is 0 Å². The van der Waals surface area contributed by atoms with Crippen LogP contribution >= 0.6 is 0 Å². The highest BCUT2D eigenvalue weighted by Gasteiger charge is 2.22. The zero-order chi connectivity index (χ0) is 15.0. The maximum Gasteiger partial charge on any atom is 0.317 e. The quantitative estimate of drug-likeness (QED) is 0.692. The van der Waals surface area contributed by atoms with E-state index < -0.39 is 0 Å². The molecule has 0 aromatic rings. The molecule has 1 aliphatic rings. The van der Waals surface area contributed by atoms with Crippen molar-refractivity contribution in [2.24, 2.45) is 5.92 Å². The first-order valence-electron chi connectivity index (χ1n) is 7.56. The zero-order valence-electron chi connectivity index (χ0n) is 12.8. The Labute approximate surface area is 122 Å². The van der Waals surface area contributed by atoms with Gasteiger partial charge < -0.3 is 20.2 Å². The van der Waals surface area contributed by atoms with E-state index in [-0.39, 0.29) is 18.7 Å². The molecule has 1 saturated heterocycles. The van der Waals surface area contributed by atoms with Crippen LogP contribution in [0.5, 0.6) is 0 Å². The molecule has 1 aliphatic heterocycles. The highest BCUT2D eigenvalue weighted by Crippen LogP contribution is 2.12. The van der Waals surface area contributed by atoms with Crippen molar-refractivity contribution in [1.29, 1.82) is 0 Å². The van der Waals surface area contributed by atoms with E-state index in [2.05, 4.69) is 30.6 Å². The minimum Gasteiger partial charge on any atom is -0.395 e. The van der Waals surface area contributed by atoms with Gasteiger partial charge in [0, 0.05) is 38.8 Å². The molecule has 0 unspecified atom stereocenters. The van der Waals surface area contributed by atoms with Gasteiger partial charge in [-0.2, -0.15) is 0 Å². The van der Waals surface area contributed by atoms with Crippen LogP contribution in [0.15, 0.2) is 12.7 Å². The van der Waals surface area contributed by atoms with Crippen LogP contribution in [0.3, 0.4) is 0 Å². The number of carbonyl (C=O) groups is 1. The van der Waals surface area contributed by atoms with E-state index in [4.69, 9.17) is 5.11 Å². The number of nitrogens with one attached hydrogen (secondary N) is 1. The topological polar surface area (TPSA) is 55.8 Å². The van der Waals surface area contributed by atoms with Crippen molar-refractivity contribution in [3.63, 3.8) is 0 Å². The summed E-state index contributed by atoms with van der Waals surface area (Å²) in [7, 11) is 0. The molecule has 1 heterocycles. The molecule has 5 heteroatoms. The normalized spacial score (nSPS) is 17.2. The maximum atomic E-state index is 12.1. The van der Waals surface area contributed by atoms with E-state index in [1.807, 2.05) is 0 Å². The summed E-state index contributed by atoms with van der Waals surface area (Å²) < 4.78 is 0. The second-order valence-electron chi connectivity index (χ2n) is 5.88. The van der Waals surface area contributed by atoms with Crippen LogP contribution in [-0.4, -0.2) is 66.3 Å². The van der Waals surface area contributed by atoms with E-state index in [0.29, 0.717) is 19.0 Å². The zero-order valence-corrected chi connectivity index (χ0v) is 12.8. The van der Waals surface area contributed by atoms with Crippen molar-refractivity contribution in [2.45, 2.75) is 32.7 Å². The van der Waals surface area contributed by atoms with Gasteiger partial charge >= 0.3 is 6.03 Å². The number of carbonyl (C=O) groups excluding carboxylic acids is 1. The van der Waals surface area contributed by atoms with Gasteiger partial charge in [0.25, 0.3) is 0 Å². The lowest BCUT2D eigenvalue weighted by molar-refractivity contribution is 0.159. The van der Waals surface area contributed by atoms with Gasteiger partial charge in [0.1, 0.15) is 0 Å². The Bertz CT molecular complexity index is 299. The first-order chi connectivity index (χ1) is 9.56. The summed E-state index contributed by atoms with van der Waals surface area (Å²) in [6, 6.07) is 0.151. The third-order valence-corrected chi connectivity index (χ3v) is 3.55. The van der Waals surface area contributed by atoms with Crippen molar-refractivity contribution in [3.8, 4) is 0 Å². The fraction of sp³-hybridized carbons (Fsp3) is 0.800. The Hall–Kier alpha value is -1.07. The van der Waals surface area contributed by atoms with Crippen molar-refractivity contribution in [2.75, 3.05) is 39.3 Å². The summed E-state index contributed by atoms with van der Waals surface area (Å²) >= 11 is 0. The van der Waals surface area contributed by atoms with Gasteiger partial charge in [0.05, 0.1) is 6.61 Å². The lowest BCUT2D eigenvalue weighted by atomic mass is 10.0. The number of hydrogen-bond acceptors (Lipinski definition) is 3. The molecular weight excluding hydrogens is 254 g/mol. The van der Waals surface area contributed by atoms with Crippen LogP contribution in [0.1, 0.15) is 26.7 Å². The van der Waals surface area contributed by atoms with Crippen LogP contribution in [-0.2, 0) is 0 Å². The first-order valence-corrected chi connectivity index (χ1v) is 7.56. The third kappa shape index (κ3) is 5.92. The molecule has 5 nitrogen and oxygen atoms in total. The monoisotopic (exact) mass is 283 g/mol. The van der Waals surface area contributed by atoms with E-state index in [9.17, 15) is 4.79 Å². The van der Waals surface area contributed by atoms with Crippen molar-refractivity contribution in [3.05, 3.63) is 12.7 Å². The van der Waals surface area contributed by atoms with Gasteiger partial charge in [-0.3, -0.25) is 0 Å². The second-order valence-corrected chi connectivity index (χ2v) is 5.88. The Kier molecular flexibility index (Phi) is 7.62. The summed E-state index contributed by atoms with van der Waals surface area (Å²) in [5, 5.41) is 12.0. The van der Waals surface area contributed by atoms with Gasteiger partial charge in [-0.05, 0) is 18.8 Å². The standard InChI is InChI=1S/C15H29N3O2/c1-4-7-18(10-11-19)15(20)16-14-5-8-17(9-6-14)12-13(2)3/h4,13-14,19H,1,5-12H2,2-3H3,(H,16,20). The van der Waals surface area contributed by atoms with Crippen molar-refractivity contribution >= 4 is 6.03 Å². The first kappa shape index (κ1) is 17.0. The van der Waals surface area contributed by atoms with Gasteiger partial charge in [0.15, 0.2) is 0 Å². The molecule has 0 atom stereocenters. The number of amides is 2. The fourth-order valence-corrected chi connectivity index (χ4v) is 2.59. The smallest absolute Gasteiger partial charge is 0.317 e. The molecule has 0 aliphatic carbocycles. The minimum absolute atomic E-state index is 0.0197. The molecular formula is C15H29N3O2. The van der Waals surface area contributed by atoms with Gasteiger partial charge in [-0.1, -0.05) is 19.9 Å². The number of rotatable bonds is 7. The molecule has 0 radical (unpaired) electrons. The lowest BCUT2D eigenvalue weighted by Crippen LogP contribution is -2.50. The molecule has 2 amide bonds. The Morgan fingerprint density at radius 3 is 2.65 bits per heavy atom. The minimum atomic E-state index is -0.0961. The van der Waals surface area contributed by atoms with Crippen LogP contribution in [0.4, 0.5) is 4.79 Å². The number of aliphatic hydroxyl groups is 1. The van der Waals surface area contributed by atoms with Crippen LogP contribution in [0.25, 0.3) is 0 Å². The Morgan fingerprint density at radius 2 is 2.15 bits per heavy atom. The molecule has 20 heavy (non-hydrogen) atoms. The molecule has 0 spiro atoms. The Morgan fingerprint density at radius 1 is 1.50 bits per heavy atom. The highest BCUT2D eigenvalue weighted by atomic mass is 16.3. The van der Waals surface area contributed by atoms with Crippen LogP contribution < -0.4 is 5.32 Å². The average Bonchev–Trinajstić information content (AvgIpc) is 2.40. The van der Waals surface area contributed by atoms with Gasteiger partial charge in [-0.15, -0.1) is 6.58 Å². The molecule has 2 N–H and O–H groups in total. The third-order valence-electron chi connectivity index (χ3n) is 3.55. The SMILES string of the molecule is C=CCN(CCO)C(=O)NC1CCN(CC(C)C)CC1. The van der Waals surface area contributed by atoms with Gasteiger partial charge in [-0.25, -0.2) is 4.79 Å². The summed E-state index contributed by atoms with van der Waals surface area (Å²) in [5.74, 6) is 0.689. The van der Waals surface area contributed by atoms with Gasteiger partial charge in [0.2, 0.25) is 0 Å². The predicted molar refractivity (Wildman–Crippen MR) is 81.7 cm³/mol. The fourth-order valence-electron chi connectivity index (χ4n) is 2.59. The lowest BCUT2D eigenvalue weighted by Gasteiger charge is -2.34. The second kappa shape index (κ2) is 8.97. The molecule has 1 fully saturated rings. The average molecular weight is 283 g/mol. The summed E-state index contributed by atoms with van der Waals surface area (Å²) in [5.41, 5.74) is 0. The number of aliphatic hydroxyl groups excluding tert-OH is 1. The van der Waals surface area contributed by atoms with Crippen LogP contribution in [0, 0.1) is 5.92 Å².